The molecule has 0 fully saturated rings. The standard InChI is InChI=1S/C22H26N2O3S/c1-16-9-5-6-10-17(16)15-28(26,27)20-13-24(14-21(25)23-22(2,3)4)19-12-8-7-11-18(19)20/h5-13H,14-15H2,1-4H3,(H,23,25). The average molecular weight is 399 g/mol. The van der Waals surface area contributed by atoms with Crippen molar-refractivity contribution in [3.8, 4) is 0 Å². The van der Waals surface area contributed by atoms with E-state index in [1.165, 1.54) is 0 Å². The van der Waals surface area contributed by atoms with Crippen molar-refractivity contribution in [2.75, 3.05) is 0 Å². The molecule has 148 valence electrons. The molecule has 0 unspecified atom stereocenters. The number of aromatic nitrogens is 1. The molecule has 3 rings (SSSR count). The van der Waals surface area contributed by atoms with Crippen LogP contribution in [0.2, 0.25) is 0 Å². The molecule has 0 atom stereocenters. The Morgan fingerprint density at radius 2 is 1.68 bits per heavy atom. The molecule has 6 heteroatoms. The summed E-state index contributed by atoms with van der Waals surface area (Å²) in [6.07, 6.45) is 1.58. The van der Waals surface area contributed by atoms with Gasteiger partial charge in [-0.15, -0.1) is 0 Å². The van der Waals surface area contributed by atoms with Crippen molar-refractivity contribution in [1.82, 2.24) is 9.88 Å². The summed E-state index contributed by atoms with van der Waals surface area (Å²) in [5, 5.41) is 3.56. The van der Waals surface area contributed by atoms with E-state index in [0.717, 1.165) is 16.6 Å². The van der Waals surface area contributed by atoms with Gasteiger partial charge in [0.05, 0.1) is 10.6 Å². The lowest BCUT2D eigenvalue weighted by molar-refractivity contribution is -0.123. The number of aryl methyl sites for hydroxylation is 1. The van der Waals surface area contributed by atoms with Gasteiger partial charge < -0.3 is 9.88 Å². The van der Waals surface area contributed by atoms with E-state index in [1.807, 2.05) is 70.2 Å². The first-order chi connectivity index (χ1) is 13.1. The maximum atomic E-state index is 13.2. The number of sulfone groups is 1. The lowest BCUT2D eigenvalue weighted by Gasteiger charge is -2.20. The molecule has 0 aliphatic heterocycles. The third-order valence-electron chi connectivity index (χ3n) is 4.52. The largest absolute Gasteiger partial charge is 0.350 e. The molecule has 0 bridgehead atoms. The fourth-order valence-electron chi connectivity index (χ4n) is 3.26. The van der Waals surface area contributed by atoms with E-state index in [9.17, 15) is 13.2 Å². The first kappa shape index (κ1) is 20.1. The highest BCUT2D eigenvalue weighted by Crippen LogP contribution is 2.28. The van der Waals surface area contributed by atoms with E-state index in [4.69, 9.17) is 0 Å². The second-order valence-corrected chi connectivity index (χ2v) is 10.1. The van der Waals surface area contributed by atoms with Gasteiger partial charge in [0, 0.05) is 22.6 Å². The van der Waals surface area contributed by atoms with Crippen LogP contribution in [0.5, 0.6) is 0 Å². The van der Waals surface area contributed by atoms with Crippen LogP contribution in [0.25, 0.3) is 10.9 Å². The van der Waals surface area contributed by atoms with Gasteiger partial charge in [-0.25, -0.2) is 8.42 Å². The maximum Gasteiger partial charge on any atom is 0.240 e. The molecular formula is C22H26N2O3S. The van der Waals surface area contributed by atoms with E-state index < -0.39 is 9.84 Å². The van der Waals surface area contributed by atoms with Crippen LogP contribution in [0, 0.1) is 6.92 Å². The Morgan fingerprint density at radius 1 is 1.04 bits per heavy atom. The monoisotopic (exact) mass is 398 g/mol. The molecule has 0 radical (unpaired) electrons. The lowest BCUT2D eigenvalue weighted by Crippen LogP contribution is -2.42. The van der Waals surface area contributed by atoms with E-state index in [-0.39, 0.29) is 28.6 Å². The summed E-state index contributed by atoms with van der Waals surface area (Å²) in [6.45, 7) is 7.72. The Labute approximate surface area is 166 Å². The Hall–Kier alpha value is -2.60. The van der Waals surface area contributed by atoms with Crippen LogP contribution in [0.3, 0.4) is 0 Å². The van der Waals surface area contributed by atoms with Gasteiger partial charge in [-0.1, -0.05) is 42.5 Å². The first-order valence-electron chi connectivity index (χ1n) is 9.23. The number of nitrogens with zero attached hydrogens (tertiary/aromatic N) is 1. The van der Waals surface area contributed by atoms with Gasteiger partial charge in [0.1, 0.15) is 6.54 Å². The first-order valence-corrected chi connectivity index (χ1v) is 10.9. The van der Waals surface area contributed by atoms with E-state index in [0.29, 0.717) is 5.39 Å². The van der Waals surface area contributed by atoms with Crippen molar-refractivity contribution in [2.24, 2.45) is 0 Å². The number of fused-ring (bicyclic) bond motifs is 1. The summed E-state index contributed by atoms with van der Waals surface area (Å²) in [7, 11) is -3.57. The van der Waals surface area contributed by atoms with Crippen molar-refractivity contribution >= 4 is 26.6 Å². The second-order valence-electron chi connectivity index (χ2n) is 8.12. The fourth-order valence-corrected chi connectivity index (χ4v) is 4.94. The van der Waals surface area contributed by atoms with Gasteiger partial charge in [0.25, 0.3) is 0 Å². The SMILES string of the molecule is Cc1ccccc1CS(=O)(=O)c1cn(CC(=O)NC(C)(C)C)c2ccccc12. The number of hydrogen-bond donors (Lipinski definition) is 1. The Balaban J connectivity index is 2.00. The van der Waals surface area contributed by atoms with Crippen LogP contribution in [0.15, 0.2) is 59.6 Å². The third-order valence-corrected chi connectivity index (χ3v) is 6.21. The van der Waals surface area contributed by atoms with Crippen LogP contribution < -0.4 is 5.32 Å². The van der Waals surface area contributed by atoms with Gasteiger partial charge >= 0.3 is 0 Å². The summed E-state index contributed by atoms with van der Waals surface area (Å²) in [5.41, 5.74) is 2.11. The highest BCUT2D eigenvalue weighted by molar-refractivity contribution is 7.90. The normalized spacial score (nSPS) is 12.3. The van der Waals surface area contributed by atoms with Crippen molar-refractivity contribution in [2.45, 2.75) is 50.4 Å². The molecular weight excluding hydrogens is 372 g/mol. The lowest BCUT2D eigenvalue weighted by atomic mass is 10.1. The van der Waals surface area contributed by atoms with Gasteiger partial charge in [-0.2, -0.15) is 0 Å². The topological polar surface area (TPSA) is 68.2 Å². The Kier molecular flexibility index (Phi) is 5.35. The number of hydrogen-bond acceptors (Lipinski definition) is 3. The van der Waals surface area contributed by atoms with Crippen molar-refractivity contribution in [3.05, 3.63) is 65.9 Å². The number of benzene rings is 2. The van der Waals surface area contributed by atoms with Crippen LogP contribution in [0.4, 0.5) is 0 Å². The molecule has 5 nitrogen and oxygen atoms in total. The predicted molar refractivity (Wildman–Crippen MR) is 112 cm³/mol. The minimum absolute atomic E-state index is 0.0671. The number of amides is 1. The highest BCUT2D eigenvalue weighted by atomic mass is 32.2. The number of carbonyl (C=O) groups excluding carboxylic acids is 1. The van der Waals surface area contributed by atoms with Crippen molar-refractivity contribution in [3.63, 3.8) is 0 Å². The number of carbonyl (C=O) groups is 1. The predicted octanol–water partition coefficient (Wildman–Crippen LogP) is 3.84. The molecule has 28 heavy (non-hydrogen) atoms. The molecule has 0 aliphatic rings. The molecule has 0 spiro atoms. The average Bonchev–Trinajstić information content (AvgIpc) is 2.95. The van der Waals surface area contributed by atoms with Crippen LogP contribution in [-0.4, -0.2) is 24.4 Å². The summed E-state index contributed by atoms with van der Waals surface area (Å²) >= 11 is 0. The minimum Gasteiger partial charge on any atom is -0.350 e. The number of nitrogens with one attached hydrogen (secondary N) is 1. The Bertz CT molecular complexity index is 1120. The van der Waals surface area contributed by atoms with Crippen LogP contribution in [0.1, 0.15) is 31.9 Å². The molecule has 1 amide bonds. The van der Waals surface area contributed by atoms with E-state index >= 15 is 0 Å². The number of rotatable bonds is 5. The zero-order chi connectivity index (χ0) is 20.5. The molecule has 1 aromatic heterocycles. The van der Waals surface area contributed by atoms with Gasteiger partial charge in [0.2, 0.25) is 5.91 Å². The van der Waals surface area contributed by atoms with Crippen molar-refractivity contribution in [1.29, 1.82) is 0 Å². The fraction of sp³-hybridized carbons (Fsp3) is 0.318. The van der Waals surface area contributed by atoms with Gasteiger partial charge in [-0.3, -0.25) is 4.79 Å². The molecule has 0 saturated heterocycles. The van der Waals surface area contributed by atoms with E-state index in [1.54, 1.807) is 16.8 Å². The summed E-state index contributed by atoms with van der Waals surface area (Å²) in [4.78, 5) is 12.6. The Morgan fingerprint density at radius 3 is 2.36 bits per heavy atom. The highest BCUT2D eigenvalue weighted by Gasteiger charge is 2.23. The minimum atomic E-state index is -3.57. The van der Waals surface area contributed by atoms with Crippen LogP contribution in [-0.2, 0) is 26.9 Å². The molecule has 3 aromatic rings. The quantitative estimate of drug-likeness (QED) is 0.710. The molecule has 0 aliphatic carbocycles. The second kappa shape index (κ2) is 7.43. The van der Waals surface area contributed by atoms with Crippen molar-refractivity contribution < 1.29 is 13.2 Å². The van der Waals surface area contributed by atoms with Gasteiger partial charge in [0.15, 0.2) is 9.84 Å². The smallest absolute Gasteiger partial charge is 0.240 e. The van der Waals surface area contributed by atoms with E-state index in [2.05, 4.69) is 5.32 Å². The summed E-state index contributed by atoms with van der Waals surface area (Å²) in [5.74, 6) is -0.224. The van der Waals surface area contributed by atoms with Crippen LogP contribution >= 0.6 is 0 Å². The molecule has 0 saturated carbocycles. The molecule has 1 heterocycles. The molecule has 2 aromatic carbocycles. The maximum absolute atomic E-state index is 13.2. The zero-order valence-electron chi connectivity index (χ0n) is 16.7. The van der Waals surface area contributed by atoms with Gasteiger partial charge in [-0.05, 0) is 44.9 Å². The third kappa shape index (κ3) is 4.44. The summed E-state index contributed by atoms with van der Waals surface area (Å²) < 4.78 is 28.1. The zero-order valence-corrected chi connectivity index (χ0v) is 17.5. The number of para-hydroxylation sites is 1. The summed E-state index contributed by atoms with van der Waals surface area (Å²) in [6, 6.07) is 14.8. The molecule has 1 N–H and O–H groups in total.